The van der Waals surface area contributed by atoms with Crippen LogP contribution >= 0.6 is 0 Å². The lowest BCUT2D eigenvalue weighted by atomic mass is 10.1. The molecule has 1 amide bonds. The molecular formula is C22H18N2O8. The minimum Gasteiger partial charge on any atom is -0.486 e. The van der Waals surface area contributed by atoms with Gasteiger partial charge in [0.25, 0.3) is 11.6 Å². The van der Waals surface area contributed by atoms with E-state index in [1.807, 2.05) is 0 Å². The van der Waals surface area contributed by atoms with Gasteiger partial charge in [-0.3, -0.25) is 14.9 Å². The first kappa shape index (κ1) is 20.9. The van der Waals surface area contributed by atoms with Crippen LogP contribution in [0.1, 0.15) is 17.5 Å². The van der Waals surface area contributed by atoms with E-state index in [-0.39, 0.29) is 11.4 Å². The van der Waals surface area contributed by atoms with Crippen LogP contribution in [0, 0.1) is 10.1 Å². The Hall–Kier alpha value is -4.34. The van der Waals surface area contributed by atoms with E-state index in [4.69, 9.17) is 18.6 Å². The van der Waals surface area contributed by atoms with E-state index in [9.17, 15) is 19.7 Å². The van der Waals surface area contributed by atoms with Gasteiger partial charge in [0.15, 0.2) is 17.6 Å². The molecule has 10 heteroatoms. The Kier molecular flexibility index (Phi) is 5.75. The Morgan fingerprint density at radius 2 is 1.75 bits per heavy atom. The molecule has 164 valence electrons. The maximum atomic E-state index is 12.4. The second-order valence-electron chi connectivity index (χ2n) is 6.86. The Bertz CT molecular complexity index is 1170. The number of nitro groups is 1. The maximum Gasteiger partial charge on any atom is 0.375 e. The quantitative estimate of drug-likeness (QED) is 0.349. The Morgan fingerprint density at radius 1 is 1.03 bits per heavy atom. The molecule has 1 aliphatic heterocycles. The van der Waals surface area contributed by atoms with E-state index < -0.39 is 22.9 Å². The number of anilines is 1. The second kappa shape index (κ2) is 8.80. The zero-order valence-electron chi connectivity index (χ0n) is 16.9. The summed E-state index contributed by atoms with van der Waals surface area (Å²) in [4.78, 5) is 35.0. The zero-order valence-corrected chi connectivity index (χ0v) is 16.9. The molecule has 4 rings (SSSR count). The van der Waals surface area contributed by atoms with Gasteiger partial charge >= 0.3 is 5.97 Å². The lowest BCUT2D eigenvalue weighted by molar-refractivity contribution is -0.384. The first-order valence-corrected chi connectivity index (χ1v) is 9.67. The number of carbonyl (C=O) groups excluding carboxylic acids is 2. The molecule has 0 saturated carbocycles. The van der Waals surface area contributed by atoms with Crippen LogP contribution in [-0.4, -0.2) is 36.1 Å². The Morgan fingerprint density at radius 3 is 2.47 bits per heavy atom. The number of ether oxygens (including phenoxy) is 3. The maximum absolute atomic E-state index is 12.4. The molecule has 0 bridgehead atoms. The van der Waals surface area contributed by atoms with Gasteiger partial charge in [-0.05, 0) is 43.3 Å². The molecule has 0 saturated heterocycles. The van der Waals surface area contributed by atoms with Crippen LogP contribution in [0.5, 0.6) is 11.5 Å². The minimum atomic E-state index is -1.09. The van der Waals surface area contributed by atoms with Crippen molar-refractivity contribution < 1.29 is 33.1 Å². The minimum absolute atomic E-state index is 0.0576. The highest BCUT2D eigenvalue weighted by molar-refractivity contribution is 5.97. The summed E-state index contributed by atoms with van der Waals surface area (Å²) in [6.07, 6.45) is -1.09. The Labute approximate surface area is 181 Å². The smallest absolute Gasteiger partial charge is 0.375 e. The number of esters is 1. The van der Waals surface area contributed by atoms with E-state index in [0.717, 1.165) is 0 Å². The number of rotatable bonds is 6. The van der Waals surface area contributed by atoms with E-state index in [1.165, 1.54) is 43.3 Å². The monoisotopic (exact) mass is 438 g/mol. The van der Waals surface area contributed by atoms with Gasteiger partial charge in [0.2, 0.25) is 5.76 Å². The number of hydrogen-bond acceptors (Lipinski definition) is 8. The average Bonchev–Trinajstić information content (AvgIpc) is 3.29. The van der Waals surface area contributed by atoms with Crippen molar-refractivity contribution >= 4 is 23.3 Å². The zero-order chi connectivity index (χ0) is 22.7. The summed E-state index contributed by atoms with van der Waals surface area (Å²) < 4.78 is 21.6. The van der Waals surface area contributed by atoms with Crippen molar-refractivity contribution in [2.75, 3.05) is 18.5 Å². The normalized spacial score (nSPS) is 13.2. The van der Waals surface area contributed by atoms with Gasteiger partial charge in [0.1, 0.15) is 19.0 Å². The number of hydrogen-bond donors (Lipinski definition) is 1. The predicted molar refractivity (Wildman–Crippen MR) is 112 cm³/mol. The molecule has 1 aliphatic rings. The summed E-state index contributed by atoms with van der Waals surface area (Å²) >= 11 is 0. The van der Waals surface area contributed by atoms with E-state index in [1.54, 1.807) is 18.2 Å². The molecule has 1 N–H and O–H groups in total. The van der Waals surface area contributed by atoms with Crippen LogP contribution in [0.4, 0.5) is 11.4 Å². The van der Waals surface area contributed by atoms with Gasteiger partial charge in [0.05, 0.1) is 4.92 Å². The van der Waals surface area contributed by atoms with Crippen LogP contribution in [0.15, 0.2) is 59.0 Å². The van der Waals surface area contributed by atoms with Crippen LogP contribution in [0.3, 0.4) is 0 Å². The van der Waals surface area contributed by atoms with Crippen LogP contribution in [-0.2, 0) is 9.53 Å². The lowest BCUT2D eigenvalue weighted by Gasteiger charge is -2.19. The number of non-ortho nitro benzene ring substituents is 1. The highest BCUT2D eigenvalue weighted by atomic mass is 16.6. The number of benzene rings is 2. The third-order valence-corrected chi connectivity index (χ3v) is 4.63. The van der Waals surface area contributed by atoms with Crippen molar-refractivity contribution in [3.05, 3.63) is 70.5 Å². The van der Waals surface area contributed by atoms with Crippen molar-refractivity contribution in [2.24, 2.45) is 0 Å². The van der Waals surface area contributed by atoms with Crippen molar-refractivity contribution in [1.82, 2.24) is 0 Å². The first-order chi connectivity index (χ1) is 15.4. The number of nitrogens with one attached hydrogen (secondary N) is 1. The molecule has 1 aromatic heterocycles. The Balaban J connectivity index is 1.37. The summed E-state index contributed by atoms with van der Waals surface area (Å²) in [5.74, 6) is 0.00107. The number of nitro benzene ring substituents is 1. The highest BCUT2D eigenvalue weighted by Gasteiger charge is 2.22. The fourth-order valence-electron chi connectivity index (χ4n) is 2.99. The van der Waals surface area contributed by atoms with Crippen LogP contribution < -0.4 is 14.8 Å². The number of fused-ring (bicyclic) bond motifs is 1. The molecule has 3 aromatic rings. The largest absolute Gasteiger partial charge is 0.486 e. The highest BCUT2D eigenvalue weighted by Crippen LogP contribution is 2.32. The summed E-state index contributed by atoms with van der Waals surface area (Å²) in [5, 5.41) is 13.4. The molecule has 1 atom stereocenters. The molecule has 0 spiro atoms. The molecule has 1 unspecified atom stereocenters. The molecule has 2 aromatic carbocycles. The van der Waals surface area contributed by atoms with Crippen molar-refractivity contribution in [1.29, 1.82) is 0 Å². The standard InChI is InChI=1S/C22H18N2O8/c1-13(21(25)23-15-4-7-18-20(12-15)30-11-10-29-18)31-22(26)19-9-8-17(32-19)14-2-5-16(6-3-14)24(27)28/h2-9,12-13H,10-11H2,1H3,(H,23,25). The number of furan rings is 1. The van der Waals surface area contributed by atoms with E-state index in [0.29, 0.717) is 41.7 Å². The SMILES string of the molecule is CC(OC(=O)c1ccc(-c2ccc([N+](=O)[O-])cc2)o1)C(=O)Nc1ccc2c(c1)OCCO2. The molecule has 0 radical (unpaired) electrons. The lowest BCUT2D eigenvalue weighted by Crippen LogP contribution is -2.30. The third-order valence-electron chi connectivity index (χ3n) is 4.63. The average molecular weight is 438 g/mol. The second-order valence-corrected chi connectivity index (χ2v) is 6.86. The van der Waals surface area contributed by atoms with Crippen molar-refractivity contribution in [3.8, 4) is 22.8 Å². The molecule has 0 aliphatic carbocycles. The fourth-order valence-corrected chi connectivity index (χ4v) is 2.99. The van der Waals surface area contributed by atoms with Gasteiger partial charge < -0.3 is 23.9 Å². The van der Waals surface area contributed by atoms with Crippen molar-refractivity contribution in [2.45, 2.75) is 13.0 Å². The van der Waals surface area contributed by atoms with Gasteiger partial charge in [-0.25, -0.2) is 4.79 Å². The molecule has 0 fully saturated rings. The van der Waals surface area contributed by atoms with E-state index >= 15 is 0 Å². The van der Waals surface area contributed by atoms with Gasteiger partial charge in [0, 0.05) is 29.4 Å². The number of amides is 1. The first-order valence-electron chi connectivity index (χ1n) is 9.67. The third kappa shape index (κ3) is 4.53. The molecule has 10 nitrogen and oxygen atoms in total. The summed E-state index contributed by atoms with van der Waals surface area (Å²) in [7, 11) is 0. The van der Waals surface area contributed by atoms with Crippen molar-refractivity contribution in [3.63, 3.8) is 0 Å². The topological polar surface area (TPSA) is 130 Å². The van der Waals surface area contributed by atoms with E-state index in [2.05, 4.69) is 5.32 Å². The summed E-state index contributed by atoms with van der Waals surface area (Å²) in [6.45, 7) is 2.32. The summed E-state index contributed by atoms with van der Waals surface area (Å²) in [5.41, 5.74) is 0.970. The molecule has 2 heterocycles. The van der Waals surface area contributed by atoms with Gasteiger partial charge in [-0.2, -0.15) is 0 Å². The number of nitrogens with zero attached hydrogens (tertiary/aromatic N) is 1. The summed E-state index contributed by atoms with van der Waals surface area (Å²) in [6, 6.07) is 13.6. The van der Waals surface area contributed by atoms with Gasteiger partial charge in [-0.1, -0.05) is 0 Å². The molecule has 32 heavy (non-hydrogen) atoms. The van der Waals surface area contributed by atoms with Crippen LogP contribution in [0.25, 0.3) is 11.3 Å². The predicted octanol–water partition coefficient (Wildman–Crippen LogP) is 3.81. The van der Waals surface area contributed by atoms with Crippen LogP contribution in [0.2, 0.25) is 0 Å². The fraction of sp³-hybridized carbons (Fsp3) is 0.182. The van der Waals surface area contributed by atoms with Gasteiger partial charge in [-0.15, -0.1) is 0 Å². The molecular weight excluding hydrogens is 420 g/mol. The number of carbonyl (C=O) groups is 2.